The molecular weight excluding hydrogens is 389 g/mol. The first-order chi connectivity index (χ1) is 13.2. The van der Waals surface area contributed by atoms with Crippen molar-refractivity contribution < 1.29 is 27.4 Å². The third-order valence-corrected chi connectivity index (χ3v) is 5.50. The van der Waals surface area contributed by atoms with Gasteiger partial charge in [-0.25, -0.2) is 22.3 Å². The van der Waals surface area contributed by atoms with Crippen LogP contribution in [0, 0.1) is 12.7 Å². The minimum absolute atomic E-state index is 0.138. The van der Waals surface area contributed by atoms with Crippen molar-refractivity contribution in [2.24, 2.45) is 0 Å². The lowest BCUT2D eigenvalue weighted by Crippen LogP contribution is -2.16. The molecule has 0 amide bonds. The van der Waals surface area contributed by atoms with E-state index in [1.807, 2.05) is 0 Å². The average molecular weight is 405 g/mol. The minimum Gasteiger partial charge on any atom is -0.497 e. The van der Waals surface area contributed by atoms with E-state index in [0.717, 1.165) is 6.20 Å². The van der Waals surface area contributed by atoms with Crippen molar-refractivity contribution in [1.82, 2.24) is 9.78 Å². The molecule has 146 valence electrons. The molecule has 2 N–H and O–H groups in total. The van der Waals surface area contributed by atoms with Crippen LogP contribution in [0.3, 0.4) is 0 Å². The largest absolute Gasteiger partial charge is 0.497 e. The zero-order chi connectivity index (χ0) is 20.5. The summed E-state index contributed by atoms with van der Waals surface area (Å²) in [5, 5.41) is 13.4. The molecule has 28 heavy (non-hydrogen) atoms. The lowest BCUT2D eigenvalue weighted by atomic mass is 10.2. The maximum atomic E-state index is 13.1. The van der Waals surface area contributed by atoms with Crippen LogP contribution in [0.4, 0.5) is 10.1 Å². The van der Waals surface area contributed by atoms with Gasteiger partial charge in [-0.3, -0.25) is 4.72 Å². The van der Waals surface area contributed by atoms with E-state index in [0.29, 0.717) is 11.4 Å². The molecule has 3 rings (SSSR count). The van der Waals surface area contributed by atoms with E-state index in [2.05, 4.69) is 9.82 Å². The van der Waals surface area contributed by atoms with Crippen molar-refractivity contribution in [2.75, 3.05) is 11.8 Å². The Morgan fingerprint density at radius 1 is 1.21 bits per heavy atom. The summed E-state index contributed by atoms with van der Waals surface area (Å²) in [6.45, 7) is 1.54. The van der Waals surface area contributed by atoms with Crippen LogP contribution in [0.1, 0.15) is 16.1 Å². The Labute approximate surface area is 160 Å². The van der Waals surface area contributed by atoms with Gasteiger partial charge in [-0.15, -0.1) is 0 Å². The van der Waals surface area contributed by atoms with Crippen LogP contribution in [-0.2, 0) is 10.0 Å². The standard InChI is InChI=1S/C18H16FN3O5S/c1-11-17(10-20-22(11)13-5-3-12(19)4-6-13)28(25,26)21-16-9-14(27-2)7-8-15(16)18(23)24/h3-10,21H,1-2H3,(H,23,24). The van der Waals surface area contributed by atoms with Crippen LogP contribution in [-0.4, -0.2) is 36.4 Å². The zero-order valence-corrected chi connectivity index (χ0v) is 15.7. The first-order valence-electron chi connectivity index (χ1n) is 7.97. The van der Waals surface area contributed by atoms with Crippen LogP contribution in [0.15, 0.2) is 53.6 Å². The molecule has 0 aliphatic heterocycles. The molecule has 0 aliphatic rings. The second-order valence-electron chi connectivity index (χ2n) is 5.80. The van der Waals surface area contributed by atoms with Crippen LogP contribution >= 0.6 is 0 Å². The number of sulfonamides is 1. The summed E-state index contributed by atoms with van der Waals surface area (Å²) in [6.07, 6.45) is 1.14. The summed E-state index contributed by atoms with van der Waals surface area (Å²) in [6, 6.07) is 9.33. The second-order valence-corrected chi connectivity index (χ2v) is 7.46. The normalized spacial score (nSPS) is 11.2. The molecule has 0 spiro atoms. The quantitative estimate of drug-likeness (QED) is 0.652. The topological polar surface area (TPSA) is 111 Å². The SMILES string of the molecule is COc1ccc(C(=O)O)c(NS(=O)(=O)c2cnn(-c3ccc(F)cc3)c2C)c1. The molecule has 1 heterocycles. The van der Waals surface area contributed by atoms with E-state index in [1.165, 1.54) is 61.2 Å². The van der Waals surface area contributed by atoms with E-state index < -0.39 is 21.8 Å². The Morgan fingerprint density at radius 3 is 2.50 bits per heavy atom. The molecule has 8 nitrogen and oxygen atoms in total. The molecule has 1 aromatic heterocycles. The van der Waals surface area contributed by atoms with Crippen molar-refractivity contribution in [3.63, 3.8) is 0 Å². The number of anilines is 1. The van der Waals surface area contributed by atoms with Gasteiger partial charge >= 0.3 is 5.97 Å². The molecule has 0 fully saturated rings. The molecule has 10 heteroatoms. The molecule has 0 bridgehead atoms. The maximum absolute atomic E-state index is 13.1. The number of carboxylic acid groups (broad SMARTS) is 1. The molecule has 0 saturated carbocycles. The van der Waals surface area contributed by atoms with E-state index in [-0.39, 0.29) is 21.8 Å². The number of carbonyl (C=O) groups is 1. The highest BCUT2D eigenvalue weighted by Crippen LogP contribution is 2.27. The van der Waals surface area contributed by atoms with Crippen molar-refractivity contribution in [2.45, 2.75) is 11.8 Å². The Hall–Kier alpha value is -3.40. The summed E-state index contributed by atoms with van der Waals surface area (Å²) < 4.78 is 47.4. The number of halogens is 1. The van der Waals surface area contributed by atoms with Gasteiger partial charge < -0.3 is 9.84 Å². The van der Waals surface area contributed by atoms with E-state index >= 15 is 0 Å². The van der Waals surface area contributed by atoms with Crippen LogP contribution < -0.4 is 9.46 Å². The zero-order valence-electron chi connectivity index (χ0n) is 14.9. The number of methoxy groups -OCH3 is 1. The molecule has 2 aromatic carbocycles. The van der Waals surface area contributed by atoms with Crippen LogP contribution in [0.2, 0.25) is 0 Å². The van der Waals surface area contributed by atoms with Gasteiger partial charge in [0.2, 0.25) is 0 Å². The Bertz CT molecular complexity index is 1140. The highest BCUT2D eigenvalue weighted by atomic mass is 32.2. The van der Waals surface area contributed by atoms with Crippen LogP contribution in [0.5, 0.6) is 5.75 Å². The first kappa shape index (κ1) is 19.4. The van der Waals surface area contributed by atoms with Gasteiger partial charge in [0.1, 0.15) is 16.5 Å². The fourth-order valence-corrected chi connectivity index (χ4v) is 3.85. The van der Waals surface area contributed by atoms with Crippen LogP contribution in [0.25, 0.3) is 5.69 Å². The van der Waals surface area contributed by atoms with Gasteiger partial charge in [0.15, 0.2) is 0 Å². The molecular formula is C18H16FN3O5S. The van der Waals surface area contributed by atoms with Gasteiger partial charge in [-0.2, -0.15) is 5.10 Å². The third kappa shape index (κ3) is 3.67. The van der Waals surface area contributed by atoms with Gasteiger partial charge in [0, 0.05) is 6.07 Å². The highest BCUT2D eigenvalue weighted by molar-refractivity contribution is 7.92. The van der Waals surface area contributed by atoms with Gasteiger partial charge in [0.25, 0.3) is 10.0 Å². The third-order valence-electron chi connectivity index (χ3n) is 4.03. The highest BCUT2D eigenvalue weighted by Gasteiger charge is 2.24. The van der Waals surface area contributed by atoms with E-state index in [9.17, 15) is 22.7 Å². The predicted octanol–water partition coefficient (Wildman–Crippen LogP) is 2.83. The second kappa shape index (κ2) is 7.31. The van der Waals surface area contributed by atoms with E-state index in [1.54, 1.807) is 0 Å². The van der Waals surface area contributed by atoms with Crippen molar-refractivity contribution >= 4 is 21.7 Å². The summed E-state index contributed by atoms with van der Waals surface area (Å²) in [4.78, 5) is 11.3. The first-order valence-corrected chi connectivity index (χ1v) is 9.46. The summed E-state index contributed by atoms with van der Waals surface area (Å²) >= 11 is 0. The number of nitrogens with one attached hydrogen (secondary N) is 1. The number of aromatic carboxylic acids is 1. The van der Waals surface area contributed by atoms with Gasteiger partial charge in [-0.1, -0.05) is 0 Å². The number of benzene rings is 2. The molecule has 0 unspecified atom stereocenters. The minimum atomic E-state index is -4.15. The molecule has 0 atom stereocenters. The van der Waals surface area contributed by atoms with E-state index in [4.69, 9.17) is 4.74 Å². The smallest absolute Gasteiger partial charge is 0.337 e. The monoisotopic (exact) mass is 405 g/mol. The molecule has 0 radical (unpaired) electrons. The Kier molecular flexibility index (Phi) is 5.06. The lowest BCUT2D eigenvalue weighted by molar-refractivity contribution is 0.0698. The van der Waals surface area contributed by atoms with Crippen molar-refractivity contribution in [3.05, 3.63) is 65.7 Å². The number of ether oxygens (including phenoxy) is 1. The molecule has 3 aromatic rings. The summed E-state index contributed by atoms with van der Waals surface area (Å²) in [5.41, 5.74) is 0.389. The summed E-state index contributed by atoms with van der Waals surface area (Å²) in [7, 11) is -2.77. The number of hydrogen-bond donors (Lipinski definition) is 2. The van der Waals surface area contributed by atoms with Crippen molar-refractivity contribution in [3.8, 4) is 11.4 Å². The lowest BCUT2D eigenvalue weighted by Gasteiger charge is -2.12. The number of aromatic nitrogens is 2. The Balaban J connectivity index is 2.01. The molecule has 0 aliphatic carbocycles. The number of rotatable bonds is 6. The summed E-state index contributed by atoms with van der Waals surface area (Å²) in [5.74, 6) is -1.43. The van der Waals surface area contributed by atoms with Gasteiger partial charge in [0.05, 0.1) is 35.9 Å². The van der Waals surface area contributed by atoms with Gasteiger partial charge in [-0.05, 0) is 43.3 Å². The Morgan fingerprint density at radius 2 is 1.89 bits per heavy atom. The van der Waals surface area contributed by atoms with Crippen molar-refractivity contribution in [1.29, 1.82) is 0 Å². The average Bonchev–Trinajstić information content (AvgIpc) is 3.04. The maximum Gasteiger partial charge on any atom is 0.337 e. The fourth-order valence-electron chi connectivity index (χ4n) is 2.62. The predicted molar refractivity (Wildman–Crippen MR) is 99.0 cm³/mol. The number of nitrogens with zero attached hydrogens (tertiary/aromatic N) is 2. The number of carboxylic acids is 1. The number of hydrogen-bond acceptors (Lipinski definition) is 5. The fraction of sp³-hybridized carbons (Fsp3) is 0.111. The molecule has 0 saturated heterocycles.